The highest BCUT2D eigenvalue weighted by Crippen LogP contribution is 2.27. The minimum absolute atomic E-state index is 0.00983. The number of halogens is 2. The summed E-state index contributed by atoms with van der Waals surface area (Å²) in [4.78, 5) is 28.1. The molecule has 0 unspecified atom stereocenters. The van der Waals surface area contributed by atoms with E-state index in [0.29, 0.717) is 27.1 Å². The van der Waals surface area contributed by atoms with Crippen molar-refractivity contribution in [3.63, 3.8) is 0 Å². The van der Waals surface area contributed by atoms with Crippen molar-refractivity contribution in [3.8, 4) is 11.5 Å². The second-order valence-electron chi connectivity index (χ2n) is 10.4. The van der Waals surface area contributed by atoms with E-state index >= 15 is 0 Å². The monoisotopic (exact) mass is 605 g/mol. The topological polar surface area (TPSA) is 96.0 Å². The molecule has 0 bridgehead atoms. The van der Waals surface area contributed by atoms with Crippen LogP contribution >= 0.6 is 23.2 Å². The molecular formula is C29H33Cl2N3O5S. The first-order valence-corrected chi connectivity index (χ1v) is 15.1. The highest BCUT2D eigenvalue weighted by atomic mass is 35.5. The number of nitrogens with one attached hydrogen (secondary N) is 1. The largest absolute Gasteiger partial charge is 0.457 e. The van der Waals surface area contributed by atoms with Gasteiger partial charge in [0, 0.05) is 12.1 Å². The number of hydrogen-bond donors (Lipinski definition) is 1. The van der Waals surface area contributed by atoms with Gasteiger partial charge in [0.05, 0.1) is 22.0 Å². The first kappa shape index (κ1) is 31.3. The summed E-state index contributed by atoms with van der Waals surface area (Å²) >= 11 is 12.2. The molecule has 2 amide bonds. The summed E-state index contributed by atoms with van der Waals surface area (Å²) in [6.07, 6.45) is 1.02. The van der Waals surface area contributed by atoms with E-state index in [2.05, 4.69) is 5.32 Å². The number of rotatable bonds is 10. The molecule has 0 aliphatic heterocycles. The van der Waals surface area contributed by atoms with Crippen LogP contribution in [0.3, 0.4) is 0 Å². The Balaban J connectivity index is 1.89. The van der Waals surface area contributed by atoms with Gasteiger partial charge in [-0.15, -0.1) is 0 Å². The molecule has 11 heteroatoms. The fourth-order valence-electron chi connectivity index (χ4n) is 3.81. The van der Waals surface area contributed by atoms with Gasteiger partial charge in [-0.1, -0.05) is 47.5 Å². The van der Waals surface area contributed by atoms with E-state index in [9.17, 15) is 18.0 Å². The summed E-state index contributed by atoms with van der Waals surface area (Å²) in [7, 11) is -3.87. The van der Waals surface area contributed by atoms with Gasteiger partial charge in [0.15, 0.2) is 0 Å². The van der Waals surface area contributed by atoms with Crippen LogP contribution in [0.5, 0.6) is 11.5 Å². The third-order valence-electron chi connectivity index (χ3n) is 5.79. The minimum Gasteiger partial charge on any atom is -0.457 e. The zero-order valence-corrected chi connectivity index (χ0v) is 25.3. The molecule has 40 heavy (non-hydrogen) atoms. The minimum atomic E-state index is -3.87. The fraction of sp³-hybridized carbons (Fsp3) is 0.310. The average Bonchev–Trinajstić information content (AvgIpc) is 2.87. The van der Waals surface area contributed by atoms with Gasteiger partial charge in [-0.05, 0) is 81.8 Å². The average molecular weight is 607 g/mol. The summed E-state index contributed by atoms with van der Waals surface area (Å²) in [6.45, 7) is 6.58. The van der Waals surface area contributed by atoms with Crippen LogP contribution in [-0.2, 0) is 26.2 Å². The Kier molecular flexibility index (Phi) is 10.1. The molecule has 0 aromatic heterocycles. The normalized spacial score (nSPS) is 12.4. The molecule has 0 heterocycles. The fourth-order valence-corrected chi connectivity index (χ4v) is 4.98. The van der Waals surface area contributed by atoms with Crippen LogP contribution in [0.2, 0.25) is 10.0 Å². The summed E-state index contributed by atoms with van der Waals surface area (Å²) in [6, 6.07) is 19.5. The predicted molar refractivity (Wildman–Crippen MR) is 160 cm³/mol. The maximum Gasteiger partial charge on any atom is 0.244 e. The number of ether oxygens (including phenoxy) is 1. The molecule has 0 aliphatic rings. The Morgan fingerprint density at radius 3 is 2.08 bits per heavy atom. The van der Waals surface area contributed by atoms with Gasteiger partial charge in [0.2, 0.25) is 21.8 Å². The molecule has 0 saturated carbocycles. The summed E-state index contributed by atoms with van der Waals surface area (Å²) in [5.74, 6) is 0.182. The van der Waals surface area contributed by atoms with Crippen LogP contribution in [0.15, 0.2) is 72.8 Å². The second-order valence-corrected chi connectivity index (χ2v) is 13.1. The molecule has 1 atom stereocenters. The predicted octanol–water partition coefficient (Wildman–Crippen LogP) is 5.88. The molecule has 214 valence electrons. The molecule has 3 aromatic carbocycles. The van der Waals surface area contributed by atoms with Gasteiger partial charge in [0.1, 0.15) is 24.1 Å². The lowest BCUT2D eigenvalue weighted by molar-refractivity contribution is -0.140. The van der Waals surface area contributed by atoms with Crippen molar-refractivity contribution in [2.75, 3.05) is 17.1 Å². The van der Waals surface area contributed by atoms with Gasteiger partial charge in [0.25, 0.3) is 0 Å². The number of sulfonamides is 1. The van der Waals surface area contributed by atoms with E-state index in [1.165, 1.54) is 4.90 Å². The van der Waals surface area contributed by atoms with Crippen molar-refractivity contribution in [2.24, 2.45) is 0 Å². The maximum absolute atomic E-state index is 13.7. The van der Waals surface area contributed by atoms with Crippen molar-refractivity contribution < 1.29 is 22.7 Å². The van der Waals surface area contributed by atoms with Crippen molar-refractivity contribution in [1.29, 1.82) is 0 Å². The number of hydrogen-bond acceptors (Lipinski definition) is 5. The van der Waals surface area contributed by atoms with E-state index in [0.717, 1.165) is 10.6 Å². The van der Waals surface area contributed by atoms with Gasteiger partial charge >= 0.3 is 0 Å². The SMILES string of the molecule is C[C@@H](C(=O)NC(C)(C)C)N(Cc1ccc(Cl)c(Cl)c1)C(=O)CN(c1ccc(Oc2ccccc2)cc1)S(C)(=O)=O. The van der Waals surface area contributed by atoms with Gasteiger partial charge < -0.3 is 15.0 Å². The van der Waals surface area contributed by atoms with Crippen LogP contribution in [0.25, 0.3) is 0 Å². The van der Waals surface area contributed by atoms with E-state index < -0.39 is 34.1 Å². The quantitative estimate of drug-likeness (QED) is 0.311. The van der Waals surface area contributed by atoms with Crippen LogP contribution in [0.1, 0.15) is 33.3 Å². The third-order valence-corrected chi connectivity index (χ3v) is 7.66. The molecular weight excluding hydrogens is 573 g/mol. The highest BCUT2D eigenvalue weighted by Gasteiger charge is 2.31. The van der Waals surface area contributed by atoms with Gasteiger partial charge in [-0.25, -0.2) is 8.42 Å². The first-order chi connectivity index (χ1) is 18.6. The Labute approximate surface area is 245 Å². The lowest BCUT2D eigenvalue weighted by Gasteiger charge is -2.33. The number of nitrogens with zero attached hydrogens (tertiary/aromatic N) is 2. The molecule has 0 fully saturated rings. The van der Waals surface area contributed by atoms with E-state index in [4.69, 9.17) is 27.9 Å². The van der Waals surface area contributed by atoms with Crippen LogP contribution < -0.4 is 14.4 Å². The summed E-state index contributed by atoms with van der Waals surface area (Å²) in [5, 5.41) is 3.53. The highest BCUT2D eigenvalue weighted by molar-refractivity contribution is 7.92. The molecule has 1 N–H and O–H groups in total. The van der Waals surface area contributed by atoms with E-state index in [1.807, 2.05) is 39.0 Å². The zero-order valence-electron chi connectivity index (χ0n) is 23.0. The Morgan fingerprint density at radius 1 is 0.925 bits per heavy atom. The van der Waals surface area contributed by atoms with Crippen LogP contribution in [-0.4, -0.2) is 49.5 Å². The first-order valence-electron chi connectivity index (χ1n) is 12.5. The smallest absolute Gasteiger partial charge is 0.244 e. The molecule has 8 nitrogen and oxygen atoms in total. The van der Waals surface area contributed by atoms with E-state index in [1.54, 1.807) is 61.5 Å². The summed E-state index contributed by atoms with van der Waals surface area (Å²) < 4.78 is 32.4. The molecule has 0 saturated heterocycles. The van der Waals surface area contributed by atoms with Crippen molar-refractivity contribution in [2.45, 2.75) is 45.8 Å². The standard InChI is InChI=1S/C29H33Cl2N3O5S/c1-20(28(36)32-29(2,3)4)33(18-21-11-16-25(30)26(31)17-21)27(35)19-34(40(5,37)38)22-12-14-24(15-13-22)39-23-9-7-6-8-10-23/h6-17,20H,18-19H2,1-5H3,(H,32,36)/t20-/m0/s1. The zero-order chi connectivity index (χ0) is 29.7. The lowest BCUT2D eigenvalue weighted by atomic mass is 10.1. The lowest BCUT2D eigenvalue weighted by Crippen LogP contribution is -2.54. The van der Waals surface area contributed by atoms with Gasteiger partial charge in [-0.3, -0.25) is 13.9 Å². The van der Waals surface area contributed by atoms with Crippen LogP contribution in [0, 0.1) is 0 Å². The molecule has 3 aromatic rings. The second kappa shape index (κ2) is 12.9. The number of amides is 2. The molecule has 3 rings (SSSR count). The number of para-hydroxylation sites is 1. The Morgan fingerprint density at radius 2 is 1.52 bits per heavy atom. The van der Waals surface area contributed by atoms with Gasteiger partial charge in [-0.2, -0.15) is 0 Å². The van der Waals surface area contributed by atoms with Crippen LogP contribution in [0.4, 0.5) is 5.69 Å². The third kappa shape index (κ3) is 8.87. The molecule has 0 radical (unpaired) electrons. The number of carbonyl (C=O) groups excluding carboxylic acids is 2. The van der Waals surface area contributed by atoms with Crippen molar-refractivity contribution in [1.82, 2.24) is 10.2 Å². The molecule has 0 aliphatic carbocycles. The number of carbonyl (C=O) groups is 2. The summed E-state index contributed by atoms with van der Waals surface area (Å²) in [5.41, 5.74) is 0.371. The maximum atomic E-state index is 13.7. The van der Waals surface area contributed by atoms with Crippen molar-refractivity contribution in [3.05, 3.63) is 88.4 Å². The Hall–Kier alpha value is -3.27. The number of benzene rings is 3. The Bertz CT molecular complexity index is 1440. The molecule has 0 spiro atoms. The number of anilines is 1. The van der Waals surface area contributed by atoms with Crippen molar-refractivity contribution >= 4 is 50.7 Å². The van der Waals surface area contributed by atoms with E-state index in [-0.39, 0.29) is 18.1 Å².